The van der Waals surface area contributed by atoms with Gasteiger partial charge >= 0.3 is 5.97 Å². The van der Waals surface area contributed by atoms with Crippen molar-refractivity contribution in [2.24, 2.45) is 5.92 Å². The minimum absolute atomic E-state index is 0.0295. The molecule has 1 aliphatic carbocycles. The first-order valence-electron chi connectivity index (χ1n) is 14.4. The molecule has 41 heavy (non-hydrogen) atoms. The Morgan fingerprint density at radius 1 is 1.12 bits per heavy atom. The van der Waals surface area contributed by atoms with Gasteiger partial charge in [-0.1, -0.05) is 11.6 Å². The first-order chi connectivity index (χ1) is 19.6. The summed E-state index contributed by atoms with van der Waals surface area (Å²) in [7, 11) is 4.79. The first-order valence-corrected chi connectivity index (χ1v) is 14.4. The number of esters is 1. The second-order valence-electron chi connectivity index (χ2n) is 11.7. The van der Waals surface area contributed by atoms with Crippen molar-refractivity contribution in [3.05, 3.63) is 35.4 Å². The SMILES string of the molecule is COc1cc(/C=C/C(=O)O[C@@H]2CC[C@]3(CO3)[C@@H](C3(C)OC3CC=C(C)C)[C@@H]2OC)cc(OC)c1OCCOC(C)C. The van der Waals surface area contributed by atoms with E-state index in [0.29, 0.717) is 49.1 Å². The van der Waals surface area contributed by atoms with E-state index in [1.807, 2.05) is 13.8 Å². The number of ether oxygens (including phenoxy) is 8. The van der Waals surface area contributed by atoms with Crippen LogP contribution in [-0.2, 0) is 28.5 Å². The van der Waals surface area contributed by atoms with Gasteiger partial charge in [-0.15, -0.1) is 0 Å². The molecule has 9 nitrogen and oxygen atoms in total. The molecule has 0 amide bonds. The number of hydrogen-bond acceptors (Lipinski definition) is 9. The maximum atomic E-state index is 13.0. The van der Waals surface area contributed by atoms with E-state index >= 15 is 0 Å². The van der Waals surface area contributed by atoms with Crippen LogP contribution in [0.15, 0.2) is 29.9 Å². The molecular formula is C32H46O9. The largest absolute Gasteiger partial charge is 0.493 e. The van der Waals surface area contributed by atoms with E-state index in [9.17, 15) is 4.79 Å². The highest BCUT2D eigenvalue weighted by atomic mass is 16.6. The van der Waals surface area contributed by atoms with E-state index in [4.69, 9.17) is 37.9 Å². The molecule has 1 saturated carbocycles. The van der Waals surface area contributed by atoms with Gasteiger partial charge in [0.1, 0.15) is 30.0 Å². The summed E-state index contributed by atoms with van der Waals surface area (Å²) in [5.41, 5.74) is 1.31. The first kappa shape index (κ1) is 31.3. The molecule has 0 N–H and O–H groups in total. The Hall–Kier alpha value is -2.59. The molecule has 2 unspecified atom stereocenters. The fourth-order valence-electron chi connectivity index (χ4n) is 5.99. The number of carbonyl (C=O) groups is 1. The summed E-state index contributed by atoms with van der Waals surface area (Å²) in [6.07, 6.45) is 7.07. The quantitative estimate of drug-likeness (QED) is 0.0983. The minimum atomic E-state index is -0.449. The standard InChI is InChI=1S/C32H46O9/c1-20(2)9-11-26-31(5,41-26)30-29(36-8)23(13-14-32(30)19-39-32)40-27(33)12-10-22-17-24(34-6)28(25(18-22)35-7)38-16-15-37-21(3)4/h9-10,12,17-18,21,23,26,29-30H,11,13-16,19H2,1-8H3/b12-10+/t23-,26?,29-,30-,31?,32+/m1/s1. The summed E-state index contributed by atoms with van der Waals surface area (Å²) in [5, 5.41) is 0. The third kappa shape index (κ3) is 7.25. The Morgan fingerprint density at radius 2 is 1.80 bits per heavy atom. The van der Waals surface area contributed by atoms with Crippen molar-refractivity contribution < 1.29 is 42.7 Å². The molecule has 0 aromatic heterocycles. The highest BCUT2D eigenvalue weighted by molar-refractivity contribution is 5.87. The van der Waals surface area contributed by atoms with Crippen molar-refractivity contribution in [1.29, 1.82) is 0 Å². The van der Waals surface area contributed by atoms with Crippen molar-refractivity contribution in [3.8, 4) is 17.2 Å². The van der Waals surface area contributed by atoms with E-state index in [0.717, 1.165) is 12.8 Å². The van der Waals surface area contributed by atoms with Gasteiger partial charge in [0, 0.05) is 13.2 Å². The molecule has 1 aromatic carbocycles. The maximum absolute atomic E-state index is 13.0. The van der Waals surface area contributed by atoms with Crippen LogP contribution in [0.2, 0.25) is 0 Å². The van der Waals surface area contributed by atoms with Gasteiger partial charge in [-0.25, -0.2) is 4.79 Å². The second kappa shape index (κ2) is 13.2. The smallest absolute Gasteiger partial charge is 0.331 e. The van der Waals surface area contributed by atoms with Crippen molar-refractivity contribution >= 4 is 12.0 Å². The van der Waals surface area contributed by atoms with Gasteiger partial charge in [-0.2, -0.15) is 0 Å². The van der Waals surface area contributed by atoms with Crippen molar-refractivity contribution in [1.82, 2.24) is 0 Å². The van der Waals surface area contributed by atoms with Crippen LogP contribution < -0.4 is 14.2 Å². The van der Waals surface area contributed by atoms with E-state index in [2.05, 4.69) is 26.8 Å². The molecule has 1 aromatic rings. The lowest BCUT2D eigenvalue weighted by Gasteiger charge is -2.42. The molecule has 0 radical (unpaired) electrons. The highest BCUT2D eigenvalue weighted by Crippen LogP contribution is 2.59. The van der Waals surface area contributed by atoms with Gasteiger partial charge < -0.3 is 37.9 Å². The van der Waals surface area contributed by atoms with Crippen molar-refractivity contribution in [3.63, 3.8) is 0 Å². The van der Waals surface area contributed by atoms with E-state index in [-0.39, 0.29) is 35.4 Å². The average molecular weight is 575 g/mol. The molecule has 228 valence electrons. The zero-order chi connectivity index (χ0) is 29.8. The molecular weight excluding hydrogens is 528 g/mol. The minimum Gasteiger partial charge on any atom is -0.493 e. The number of epoxide rings is 2. The fourth-order valence-corrected chi connectivity index (χ4v) is 5.99. The summed E-state index contributed by atoms with van der Waals surface area (Å²) < 4.78 is 46.7. The lowest BCUT2D eigenvalue weighted by molar-refractivity contribution is -0.166. The molecule has 3 aliphatic rings. The molecule has 1 spiro atoms. The predicted molar refractivity (Wildman–Crippen MR) is 155 cm³/mol. The third-order valence-corrected chi connectivity index (χ3v) is 8.18. The van der Waals surface area contributed by atoms with Gasteiger partial charge in [0.05, 0.1) is 45.6 Å². The van der Waals surface area contributed by atoms with Gasteiger partial charge in [0.2, 0.25) is 5.75 Å². The Bertz CT molecular complexity index is 1090. The Kier molecular flexibility index (Phi) is 10.1. The molecule has 2 heterocycles. The van der Waals surface area contributed by atoms with Crippen molar-refractivity contribution in [2.75, 3.05) is 41.2 Å². The van der Waals surface area contributed by atoms with Gasteiger partial charge in [0.25, 0.3) is 0 Å². The monoisotopic (exact) mass is 574 g/mol. The summed E-state index contributed by atoms with van der Waals surface area (Å²) in [6, 6.07) is 3.57. The Balaban J connectivity index is 1.43. The average Bonchev–Trinajstić information content (AvgIpc) is 3.86. The topological polar surface area (TPSA) is 97.5 Å². The molecule has 0 bridgehead atoms. The summed E-state index contributed by atoms with van der Waals surface area (Å²) in [4.78, 5) is 13.0. The number of benzene rings is 1. The Labute approximate surface area is 244 Å². The van der Waals surface area contributed by atoms with Gasteiger partial charge in [-0.05, 0) is 77.7 Å². The summed E-state index contributed by atoms with van der Waals surface area (Å²) >= 11 is 0. The number of methoxy groups -OCH3 is 3. The lowest BCUT2D eigenvalue weighted by Crippen LogP contribution is -2.55. The number of allylic oxidation sites excluding steroid dienone is 1. The third-order valence-electron chi connectivity index (χ3n) is 8.18. The van der Waals surface area contributed by atoms with Crippen LogP contribution in [0.5, 0.6) is 17.2 Å². The Morgan fingerprint density at radius 3 is 2.37 bits per heavy atom. The van der Waals surface area contributed by atoms with Crippen LogP contribution in [0, 0.1) is 5.92 Å². The van der Waals surface area contributed by atoms with Crippen LogP contribution in [0.1, 0.15) is 59.4 Å². The molecule has 4 rings (SSSR count). The van der Waals surface area contributed by atoms with Crippen LogP contribution in [0.4, 0.5) is 0 Å². The summed E-state index contributed by atoms with van der Waals surface area (Å²) in [6.45, 7) is 11.7. The molecule has 3 fully saturated rings. The van der Waals surface area contributed by atoms with E-state index < -0.39 is 12.1 Å². The van der Waals surface area contributed by atoms with Gasteiger partial charge in [-0.3, -0.25) is 0 Å². The van der Waals surface area contributed by atoms with Crippen LogP contribution in [0.25, 0.3) is 6.08 Å². The highest BCUT2D eigenvalue weighted by Gasteiger charge is 2.72. The van der Waals surface area contributed by atoms with Crippen LogP contribution >= 0.6 is 0 Å². The van der Waals surface area contributed by atoms with E-state index in [1.165, 1.54) is 11.6 Å². The number of rotatable bonds is 14. The zero-order valence-corrected chi connectivity index (χ0v) is 25.7. The number of carbonyl (C=O) groups excluding carboxylic acids is 1. The zero-order valence-electron chi connectivity index (χ0n) is 25.7. The molecule has 9 heteroatoms. The van der Waals surface area contributed by atoms with Crippen molar-refractivity contribution in [2.45, 2.75) is 89.5 Å². The second-order valence-corrected chi connectivity index (χ2v) is 11.7. The molecule has 2 aliphatic heterocycles. The fraction of sp³-hybridized carbons (Fsp3) is 0.656. The lowest BCUT2D eigenvalue weighted by atomic mass is 9.68. The van der Waals surface area contributed by atoms with Crippen LogP contribution in [0.3, 0.4) is 0 Å². The van der Waals surface area contributed by atoms with E-state index in [1.54, 1.807) is 39.5 Å². The molecule has 2 saturated heterocycles. The molecule has 6 atom stereocenters. The maximum Gasteiger partial charge on any atom is 0.331 e. The summed E-state index contributed by atoms with van der Waals surface area (Å²) in [5.74, 6) is 0.986. The number of hydrogen-bond donors (Lipinski definition) is 0. The normalized spacial score (nSPS) is 30.4. The van der Waals surface area contributed by atoms with Gasteiger partial charge in [0.15, 0.2) is 11.5 Å². The van der Waals surface area contributed by atoms with Crippen LogP contribution in [-0.4, -0.2) is 82.7 Å². The predicted octanol–water partition coefficient (Wildman–Crippen LogP) is 5.14.